The third-order valence-corrected chi connectivity index (χ3v) is 1.71. The van der Waals surface area contributed by atoms with Gasteiger partial charge in [0, 0.05) is 6.07 Å². The molecule has 15 heavy (non-hydrogen) atoms. The zero-order valence-corrected chi connectivity index (χ0v) is 8.44. The fourth-order valence-corrected chi connectivity index (χ4v) is 1.22. The first-order chi connectivity index (χ1) is 6.83. The number of alkyl halides is 3. The van der Waals surface area contributed by atoms with Crippen molar-refractivity contribution in [3.8, 4) is 11.8 Å². The Kier molecular flexibility index (Phi) is 3.04. The highest BCUT2D eigenvalue weighted by Gasteiger charge is 2.33. The van der Waals surface area contributed by atoms with Crippen LogP contribution in [0.5, 0.6) is 5.75 Å². The largest absolute Gasteiger partial charge is 0.573 e. The number of H-pyrrole nitrogens is 1. The van der Waals surface area contributed by atoms with Gasteiger partial charge < -0.3 is 9.72 Å². The highest BCUT2D eigenvalue weighted by atomic mass is 79.9. The third-order valence-electron chi connectivity index (χ3n) is 1.28. The molecule has 0 atom stereocenters. The molecule has 0 aliphatic carbocycles. The minimum atomic E-state index is -5.01. The number of nitriles is 1. The van der Waals surface area contributed by atoms with Crippen molar-refractivity contribution in [1.29, 1.82) is 5.26 Å². The summed E-state index contributed by atoms with van der Waals surface area (Å²) in [5.41, 5.74) is -1.62. The minimum absolute atomic E-state index is 0.0959. The molecule has 4 nitrogen and oxygen atoms in total. The van der Waals surface area contributed by atoms with E-state index in [4.69, 9.17) is 5.26 Å². The number of aromatic nitrogens is 1. The molecule has 80 valence electrons. The molecule has 0 aliphatic heterocycles. The van der Waals surface area contributed by atoms with Crippen LogP contribution >= 0.6 is 15.9 Å². The number of pyridine rings is 1. The van der Waals surface area contributed by atoms with Crippen LogP contribution in [-0.4, -0.2) is 11.3 Å². The zero-order chi connectivity index (χ0) is 11.6. The monoisotopic (exact) mass is 282 g/mol. The lowest BCUT2D eigenvalue weighted by molar-refractivity contribution is -0.275. The van der Waals surface area contributed by atoms with Gasteiger partial charge in [-0.15, -0.1) is 13.2 Å². The van der Waals surface area contributed by atoms with Gasteiger partial charge in [-0.25, -0.2) is 0 Å². The van der Waals surface area contributed by atoms with E-state index in [1.807, 2.05) is 0 Å². The average molecular weight is 283 g/mol. The quantitative estimate of drug-likeness (QED) is 0.800. The summed E-state index contributed by atoms with van der Waals surface area (Å²) < 4.78 is 39.0. The molecular formula is C7H2BrF3N2O2. The lowest BCUT2D eigenvalue weighted by Crippen LogP contribution is -2.23. The van der Waals surface area contributed by atoms with Crippen LogP contribution in [0, 0.1) is 11.3 Å². The molecule has 0 bridgehead atoms. The van der Waals surface area contributed by atoms with Gasteiger partial charge in [0.1, 0.15) is 6.07 Å². The Bertz CT molecular complexity index is 475. The van der Waals surface area contributed by atoms with E-state index in [-0.39, 0.29) is 4.60 Å². The van der Waals surface area contributed by atoms with Gasteiger partial charge in [-0.3, -0.25) is 4.79 Å². The molecule has 0 aromatic carbocycles. The van der Waals surface area contributed by atoms with E-state index in [9.17, 15) is 18.0 Å². The maximum absolute atomic E-state index is 11.8. The van der Waals surface area contributed by atoms with Crippen molar-refractivity contribution in [3.63, 3.8) is 0 Å². The summed E-state index contributed by atoms with van der Waals surface area (Å²) in [7, 11) is 0. The molecule has 1 N–H and O–H groups in total. The number of nitrogens with one attached hydrogen (secondary N) is 1. The number of aromatic amines is 1. The van der Waals surface area contributed by atoms with Crippen LogP contribution < -0.4 is 10.2 Å². The number of hydrogen-bond donors (Lipinski definition) is 1. The van der Waals surface area contributed by atoms with E-state index in [0.29, 0.717) is 0 Å². The minimum Gasteiger partial charge on any atom is -0.399 e. The topological polar surface area (TPSA) is 65.9 Å². The molecule has 0 saturated heterocycles. The molecule has 1 aromatic heterocycles. The lowest BCUT2D eigenvalue weighted by Gasteiger charge is -2.08. The fourth-order valence-electron chi connectivity index (χ4n) is 0.812. The smallest absolute Gasteiger partial charge is 0.399 e. The Balaban J connectivity index is 3.30. The Morgan fingerprint density at radius 1 is 1.53 bits per heavy atom. The summed E-state index contributed by atoms with van der Waals surface area (Å²) in [5, 5.41) is 8.48. The van der Waals surface area contributed by atoms with Gasteiger partial charge in [0.2, 0.25) is 11.2 Å². The fraction of sp³-hybridized carbons (Fsp3) is 0.143. The lowest BCUT2D eigenvalue weighted by atomic mass is 10.3. The van der Waals surface area contributed by atoms with Gasteiger partial charge in [0.25, 0.3) is 0 Å². The first-order valence-electron chi connectivity index (χ1n) is 3.42. The molecule has 1 aromatic rings. The molecule has 0 amide bonds. The Morgan fingerprint density at radius 3 is 2.60 bits per heavy atom. The van der Waals surface area contributed by atoms with E-state index in [1.54, 1.807) is 0 Å². The first-order valence-corrected chi connectivity index (χ1v) is 4.21. The number of halogens is 4. The van der Waals surface area contributed by atoms with E-state index < -0.39 is 23.2 Å². The summed E-state index contributed by atoms with van der Waals surface area (Å²) in [5.74, 6) is -1.06. The second-order valence-corrected chi connectivity index (χ2v) is 3.20. The Labute approximate surface area is 89.4 Å². The molecule has 0 fully saturated rings. The molecule has 1 rings (SSSR count). The van der Waals surface area contributed by atoms with Crippen LogP contribution in [0.25, 0.3) is 0 Å². The van der Waals surface area contributed by atoms with E-state index in [1.165, 1.54) is 6.07 Å². The Morgan fingerprint density at radius 2 is 2.13 bits per heavy atom. The number of ether oxygens (including phenoxy) is 1. The molecule has 0 aliphatic rings. The molecule has 0 spiro atoms. The molecule has 0 unspecified atom stereocenters. The zero-order valence-electron chi connectivity index (χ0n) is 6.85. The maximum Gasteiger partial charge on any atom is 0.573 e. The van der Waals surface area contributed by atoms with Crippen LogP contribution in [0.4, 0.5) is 13.2 Å². The number of rotatable bonds is 1. The van der Waals surface area contributed by atoms with Crippen LogP contribution in [0.1, 0.15) is 5.69 Å². The van der Waals surface area contributed by atoms with Crippen molar-refractivity contribution in [2.75, 3.05) is 0 Å². The van der Waals surface area contributed by atoms with E-state index in [0.717, 1.165) is 6.07 Å². The van der Waals surface area contributed by atoms with Gasteiger partial charge in [-0.1, -0.05) is 0 Å². The van der Waals surface area contributed by atoms with Crippen LogP contribution in [0.15, 0.2) is 15.5 Å². The van der Waals surface area contributed by atoms with Gasteiger partial charge in [0.15, 0.2) is 5.69 Å². The highest BCUT2D eigenvalue weighted by molar-refractivity contribution is 9.10. The van der Waals surface area contributed by atoms with Crippen molar-refractivity contribution >= 4 is 15.9 Å². The summed E-state index contributed by atoms with van der Waals surface area (Å²) in [6.45, 7) is 0. The van der Waals surface area contributed by atoms with Crippen molar-refractivity contribution in [1.82, 2.24) is 4.98 Å². The number of hydrogen-bond acceptors (Lipinski definition) is 3. The van der Waals surface area contributed by atoms with Crippen molar-refractivity contribution < 1.29 is 17.9 Å². The van der Waals surface area contributed by atoms with Crippen molar-refractivity contribution in [2.24, 2.45) is 0 Å². The SMILES string of the molecule is N#Cc1[nH]c(Br)cc(=O)c1OC(F)(F)F. The molecule has 1 heterocycles. The first kappa shape index (κ1) is 11.6. The third kappa shape index (κ3) is 2.99. The van der Waals surface area contributed by atoms with E-state index in [2.05, 4.69) is 25.7 Å². The molecular weight excluding hydrogens is 281 g/mol. The highest BCUT2D eigenvalue weighted by Crippen LogP contribution is 2.22. The van der Waals surface area contributed by atoms with Gasteiger partial charge in [0.05, 0.1) is 4.60 Å². The van der Waals surface area contributed by atoms with Crippen LogP contribution in [0.3, 0.4) is 0 Å². The number of nitrogens with zero attached hydrogens (tertiary/aromatic N) is 1. The van der Waals surface area contributed by atoms with Crippen LogP contribution in [0.2, 0.25) is 0 Å². The van der Waals surface area contributed by atoms with Crippen LogP contribution in [-0.2, 0) is 0 Å². The summed E-state index contributed by atoms with van der Waals surface area (Å²) >= 11 is 2.82. The van der Waals surface area contributed by atoms with Gasteiger partial charge in [-0.05, 0) is 15.9 Å². The second-order valence-electron chi connectivity index (χ2n) is 2.35. The Hall–Kier alpha value is -1.49. The van der Waals surface area contributed by atoms with Crippen molar-refractivity contribution in [2.45, 2.75) is 6.36 Å². The maximum atomic E-state index is 11.8. The summed E-state index contributed by atoms with van der Waals surface area (Å²) in [4.78, 5) is 13.3. The summed E-state index contributed by atoms with van der Waals surface area (Å²) in [6.07, 6.45) is -5.01. The van der Waals surface area contributed by atoms with Crippen molar-refractivity contribution in [3.05, 3.63) is 26.6 Å². The molecule has 0 radical (unpaired) electrons. The molecule has 0 saturated carbocycles. The van der Waals surface area contributed by atoms with Gasteiger partial charge in [-0.2, -0.15) is 5.26 Å². The molecule has 8 heteroatoms. The normalized spacial score (nSPS) is 10.9. The predicted octanol–water partition coefficient (Wildman–Crippen LogP) is 1.91. The summed E-state index contributed by atoms with van der Waals surface area (Å²) in [6, 6.07) is 2.22. The van der Waals surface area contributed by atoms with E-state index >= 15 is 0 Å². The predicted molar refractivity (Wildman–Crippen MR) is 46.2 cm³/mol. The van der Waals surface area contributed by atoms with Gasteiger partial charge >= 0.3 is 6.36 Å². The average Bonchev–Trinajstić information content (AvgIpc) is 2.07. The standard InChI is InChI=1S/C7H2BrF3N2O2/c8-5-1-4(14)6(3(2-12)13-5)15-7(9,10)11/h1H,(H,13,14). The second kappa shape index (κ2) is 3.94.